The van der Waals surface area contributed by atoms with Crippen LogP contribution in [0, 0.1) is 0 Å². The smallest absolute Gasteiger partial charge is 0.266 e. The molecule has 0 saturated carbocycles. The Morgan fingerprint density at radius 1 is 1.57 bits per heavy atom. The van der Waals surface area contributed by atoms with E-state index in [0.717, 1.165) is 22.9 Å². The van der Waals surface area contributed by atoms with Crippen molar-refractivity contribution in [2.45, 2.75) is 19.8 Å². The van der Waals surface area contributed by atoms with Gasteiger partial charge in [-0.15, -0.1) is 11.3 Å². The third-order valence-corrected chi connectivity index (χ3v) is 3.37. The van der Waals surface area contributed by atoms with Gasteiger partial charge >= 0.3 is 0 Å². The second-order valence-corrected chi connectivity index (χ2v) is 4.46. The Morgan fingerprint density at radius 2 is 2.36 bits per heavy atom. The van der Waals surface area contributed by atoms with Gasteiger partial charge < -0.3 is 0 Å². The van der Waals surface area contributed by atoms with Crippen LogP contribution < -0.4 is 5.56 Å². The molecule has 0 spiro atoms. The Balaban J connectivity index is 2.65. The molecule has 4 heteroatoms. The molecule has 2 heterocycles. The fourth-order valence-corrected chi connectivity index (χ4v) is 2.64. The van der Waals surface area contributed by atoms with E-state index in [1.165, 1.54) is 9.56 Å². The summed E-state index contributed by atoms with van der Waals surface area (Å²) in [5.74, 6) is 0. The zero-order valence-electron chi connectivity index (χ0n) is 8.28. The second-order valence-electron chi connectivity index (χ2n) is 3.32. The molecule has 14 heavy (non-hydrogen) atoms. The maximum absolute atomic E-state index is 11.7. The van der Waals surface area contributed by atoms with Gasteiger partial charge in [-0.25, -0.2) is 4.68 Å². The van der Waals surface area contributed by atoms with Gasteiger partial charge in [0.05, 0.1) is 6.20 Å². The van der Waals surface area contributed by atoms with Crippen LogP contribution in [0.2, 0.25) is 0 Å². The zero-order chi connectivity index (χ0) is 10.1. The van der Waals surface area contributed by atoms with Crippen molar-refractivity contribution in [3.8, 4) is 0 Å². The summed E-state index contributed by atoms with van der Waals surface area (Å²) in [6.45, 7) is 2.14. The molecule has 0 bridgehead atoms. The van der Waals surface area contributed by atoms with E-state index in [1.54, 1.807) is 24.6 Å². The Bertz CT molecular complexity index is 512. The lowest BCUT2D eigenvalue weighted by atomic mass is 10.2. The van der Waals surface area contributed by atoms with Gasteiger partial charge in [-0.2, -0.15) is 5.10 Å². The first-order valence-corrected chi connectivity index (χ1v) is 5.48. The third kappa shape index (κ3) is 1.46. The maximum Gasteiger partial charge on any atom is 0.284 e. The second kappa shape index (κ2) is 3.53. The molecule has 0 unspecified atom stereocenters. The highest BCUT2D eigenvalue weighted by molar-refractivity contribution is 7.19. The van der Waals surface area contributed by atoms with Gasteiger partial charge in [0, 0.05) is 17.3 Å². The van der Waals surface area contributed by atoms with Gasteiger partial charge in [-0.3, -0.25) is 4.79 Å². The standard InChI is InChI=1S/C10H12N2OS/c1-3-4-8-5-7-6-11-12(2)10(13)9(7)14-8/h5-6H,3-4H2,1-2H3. The summed E-state index contributed by atoms with van der Waals surface area (Å²) in [5.41, 5.74) is 0.00912. The molecule has 0 aromatic carbocycles. The molecular weight excluding hydrogens is 196 g/mol. The van der Waals surface area contributed by atoms with E-state index in [9.17, 15) is 4.79 Å². The molecule has 3 nitrogen and oxygen atoms in total. The molecule has 0 atom stereocenters. The van der Waals surface area contributed by atoms with Crippen LogP contribution in [0.3, 0.4) is 0 Å². The SMILES string of the molecule is CCCc1cc2cnn(C)c(=O)c2s1. The zero-order valence-corrected chi connectivity index (χ0v) is 9.10. The Hall–Kier alpha value is -1.16. The average Bonchev–Trinajstić information content (AvgIpc) is 2.56. The van der Waals surface area contributed by atoms with Crippen LogP contribution in [0.5, 0.6) is 0 Å². The fourth-order valence-electron chi connectivity index (χ4n) is 1.44. The minimum Gasteiger partial charge on any atom is -0.266 e. The van der Waals surface area contributed by atoms with E-state index in [1.807, 2.05) is 0 Å². The molecule has 2 aromatic heterocycles. The van der Waals surface area contributed by atoms with Crippen molar-refractivity contribution in [3.63, 3.8) is 0 Å². The molecule has 0 fully saturated rings. The Labute approximate surface area is 86.0 Å². The molecule has 2 rings (SSSR count). The van der Waals surface area contributed by atoms with Gasteiger partial charge in [0.1, 0.15) is 4.70 Å². The normalized spacial score (nSPS) is 11.0. The molecule has 2 aromatic rings. The number of aryl methyl sites for hydroxylation is 2. The van der Waals surface area contributed by atoms with Crippen molar-refractivity contribution >= 4 is 21.4 Å². The maximum atomic E-state index is 11.7. The number of hydrogen-bond acceptors (Lipinski definition) is 3. The largest absolute Gasteiger partial charge is 0.284 e. The predicted molar refractivity (Wildman–Crippen MR) is 58.9 cm³/mol. The fraction of sp³-hybridized carbons (Fsp3) is 0.400. The van der Waals surface area contributed by atoms with Gasteiger partial charge in [-0.1, -0.05) is 13.3 Å². The Morgan fingerprint density at radius 3 is 3.07 bits per heavy atom. The van der Waals surface area contributed by atoms with E-state index >= 15 is 0 Å². The van der Waals surface area contributed by atoms with Crippen LogP contribution in [0.4, 0.5) is 0 Å². The van der Waals surface area contributed by atoms with Crippen molar-refractivity contribution in [2.24, 2.45) is 7.05 Å². The van der Waals surface area contributed by atoms with E-state index in [0.29, 0.717) is 0 Å². The van der Waals surface area contributed by atoms with Crippen LogP contribution in [-0.2, 0) is 13.5 Å². The van der Waals surface area contributed by atoms with E-state index < -0.39 is 0 Å². The highest BCUT2D eigenvalue weighted by Gasteiger charge is 2.06. The van der Waals surface area contributed by atoms with Gasteiger partial charge in [-0.05, 0) is 12.5 Å². The summed E-state index contributed by atoms with van der Waals surface area (Å²) in [6, 6.07) is 2.07. The summed E-state index contributed by atoms with van der Waals surface area (Å²) in [4.78, 5) is 12.9. The monoisotopic (exact) mass is 208 g/mol. The van der Waals surface area contributed by atoms with Crippen LogP contribution in [0.15, 0.2) is 17.1 Å². The first-order chi connectivity index (χ1) is 6.72. The third-order valence-electron chi connectivity index (χ3n) is 2.17. The first-order valence-electron chi connectivity index (χ1n) is 4.67. The number of rotatable bonds is 2. The van der Waals surface area contributed by atoms with Gasteiger partial charge in [0.25, 0.3) is 5.56 Å². The van der Waals surface area contributed by atoms with Gasteiger partial charge in [0.2, 0.25) is 0 Å². The topological polar surface area (TPSA) is 34.9 Å². The average molecular weight is 208 g/mol. The lowest BCUT2D eigenvalue weighted by molar-refractivity contribution is 0.719. The molecule has 0 aliphatic carbocycles. The predicted octanol–water partition coefficient (Wildman–Crippen LogP) is 1.95. The van der Waals surface area contributed by atoms with Crippen LogP contribution in [0.25, 0.3) is 10.1 Å². The number of aromatic nitrogens is 2. The van der Waals surface area contributed by atoms with Crippen molar-refractivity contribution in [2.75, 3.05) is 0 Å². The van der Waals surface area contributed by atoms with Crippen LogP contribution in [0.1, 0.15) is 18.2 Å². The Kier molecular flexibility index (Phi) is 2.37. The molecule has 74 valence electrons. The highest BCUT2D eigenvalue weighted by atomic mass is 32.1. The summed E-state index contributed by atoms with van der Waals surface area (Å²) >= 11 is 1.59. The number of hydrogen-bond donors (Lipinski definition) is 0. The molecular formula is C10H12N2OS. The summed E-state index contributed by atoms with van der Waals surface area (Å²) < 4.78 is 2.21. The molecule has 0 saturated heterocycles. The number of nitrogens with zero attached hydrogens (tertiary/aromatic N) is 2. The van der Waals surface area contributed by atoms with Crippen LogP contribution in [-0.4, -0.2) is 9.78 Å². The van der Waals surface area contributed by atoms with Crippen LogP contribution >= 0.6 is 11.3 Å². The van der Waals surface area contributed by atoms with Crippen molar-refractivity contribution < 1.29 is 0 Å². The molecule has 0 aliphatic rings. The highest BCUT2D eigenvalue weighted by Crippen LogP contribution is 2.22. The van der Waals surface area contributed by atoms with E-state index in [4.69, 9.17) is 0 Å². The minimum atomic E-state index is 0.00912. The van der Waals surface area contributed by atoms with Crippen molar-refractivity contribution in [1.29, 1.82) is 0 Å². The van der Waals surface area contributed by atoms with E-state index in [-0.39, 0.29) is 5.56 Å². The van der Waals surface area contributed by atoms with E-state index in [2.05, 4.69) is 18.1 Å². The van der Waals surface area contributed by atoms with Crippen molar-refractivity contribution in [1.82, 2.24) is 9.78 Å². The minimum absolute atomic E-state index is 0.00912. The summed E-state index contributed by atoms with van der Waals surface area (Å²) in [6.07, 6.45) is 3.91. The molecule has 0 radical (unpaired) electrons. The quantitative estimate of drug-likeness (QED) is 0.756. The molecule has 0 amide bonds. The molecule has 0 N–H and O–H groups in total. The van der Waals surface area contributed by atoms with Gasteiger partial charge in [0.15, 0.2) is 0 Å². The summed E-state index contributed by atoms with van der Waals surface area (Å²) in [5, 5.41) is 4.96. The van der Waals surface area contributed by atoms with Crippen molar-refractivity contribution in [3.05, 3.63) is 27.5 Å². The first kappa shape index (κ1) is 9.40. The number of fused-ring (bicyclic) bond motifs is 1. The lowest BCUT2D eigenvalue weighted by Gasteiger charge is -1.92. The molecule has 0 aliphatic heterocycles. The summed E-state index contributed by atoms with van der Waals surface area (Å²) in [7, 11) is 1.68. The lowest BCUT2D eigenvalue weighted by Crippen LogP contribution is -2.17. The number of thiophene rings is 1.